The number of pyridine rings is 1. The van der Waals surface area contributed by atoms with E-state index in [4.69, 9.17) is 14.8 Å². The van der Waals surface area contributed by atoms with Gasteiger partial charge in [-0.25, -0.2) is 9.67 Å². The van der Waals surface area contributed by atoms with Crippen molar-refractivity contribution in [2.75, 3.05) is 13.7 Å². The first kappa shape index (κ1) is 15.2. The average molecular weight is 300 g/mol. The maximum absolute atomic E-state index is 5.22. The Morgan fingerprint density at radius 2 is 2.05 bits per heavy atom. The minimum Gasteiger partial charge on any atom is -0.383 e. The molecule has 2 heterocycles. The Hall–Kier alpha value is -1.75. The molecule has 0 N–H and O–H groups in total. The van der Waals surface area contributed by atoms with Crippen molar-refractivity contribution in [3.05, 3.63) is 29.3 Å². The van der Waals surface area contributed by atoms with Crippen LogP contribution in [0, 0.1) is 13.8 Å². The SMILES string of the molecule is COCCn1nc(C2CCCC2)nc1-c1cnc(C)cc1C. The van der Waals surface area contributed by atoms with Gasteiger partial charge in [0.2, 0.25) is 0 Å². The molecule has 0 atom stereocenters. The van der Waals surface area contributed by atoms with E-state index in [-0.39, 0.29) is 0 Å². The van der Waals surface area contributed by atoms with Crippen LogP contribution in [0.5, 0.6) is 0 Å². The van der Waals surface area contributed by atoms with Crippen LogP contribution in [0.25, 0.3) is 11.4 Å². The van der Waals surface area contributed by atoms with E-state index >= 15 is 0 Å². The van der Waals surface area contributed by atoms with E-state index < -0.39 is 0 Å². The molecule has 0 bridgehead atoms. The number of methoxy groups -OCH3 is 1. The zero-order valence-corrected chi connectivity index (χ0v) is 13.7. The van der Waals surface area contributed by atoms with Crippen LogP contribution >= 0.6 is 0 Å². The number of nitrogens with zero attached hydrogens (tertiary/aromatic N) is 4. The minimum atomic E-state index is 0.515. The van der Waals surface area contributed by atoms with Crippen LogP contribution in [-0.2, 0) is 11.3 Å². The molecule has 0 radical (unpaired) electrons. The summed E-state index contributed by atoms with van der Waals surface area (Å²) in [5, 5.41) is 4.77. The first-order valence-electron chi connectivity index (χ1n) is 8.06. The van der Waals surface area contributed by atoms with Gasteiger partial charge in [-0.05, 0) is 38.3 Å². The summed E-state index contributed by atoms with van der Waals surface area (Å²) in [6.45, 7) is 5.47. The van der Waals surface area contributed by atoms with Crippen LogP contribution in [0.4, 0.5) is 0 Å². The van der Waals surface area contributed by atoms with Gasteiger partial charge in [0, 0.05) is 30.5 Å². The number of rotatable bonds is 5. The number of hydrogen-bond donors (Lipinski definition) is 0. The van der Waals surface area contributed by atoms with Crippen LogP contribution in [0.3, 0.4) is 0 Å². The van der Waals surface area contributed by atoms with Gasteiger partial charge in [0.25, 0.3) is 0 Å². The topological polar surface area (TPSA) is 52.8 Å². The summed E-state index contributed by atoms with van der Waals surface area (Å²) in [6.07, 6.45) is 6.91. The fraction of sp³-hybridized carbons (Fsp3) is 0.588. The van der Waals surface area contributed by atoms with Gasteiger partial charge in [-0.1, -0.05) is 12.8 Å². The van der Waals surface area contributed by atoms with Gasteiger partial charge in [-0.2, -0.15) is 5.10 Å². The van der Waals surface area contributed by atoms with Crippen LogP contribution < -0.4 is 0 Å². The first-order valence-corrected chi connectivity index (χ1v) is 8.06. The van der Waals surface area contributed by atoms with E-state index in [1.807, 2.05) is 17.8 Å². The van der Waals surface area contributed by atoms with E-state index in [9.17, 15) is 0 Å². The van der Waals surface area contributed by atoms with Gasteiger partial charge in [0.1, 0.15) is 0 Å². The van der Waals surface area contributed by atoms with Crippen LogP contribution in [0.1, 0.15) is 48.7 Å². The van der Waals surface area contributed by atoms with Crippen molar-refractivity contribution in [2.24, 2.45) is 0 Å². The van der Waals surface area contributed by atoms with E-state index in [0.717, 1.165) is 29.5 Å². The molecular weight excluding hydrogens is 276 g/mol. The predicted octanol–water partition coefficient (Wildman–Crippen LogP) is 3.26. The fourth-order valence-corrected chi connectivity index (χ4v) is 3.18. The molecule has 1 aliphatic rings. The monoisotopic (exact) mass is 300 g/mol. The molecule has 1 aliphatic carbocycles. The van der Waals surface area contributed by atoms with Crippen molar-refractivity contribution in [1.29, 1.82) is 0 Å². The summed E-state index contributed by atoms with van der Waals surface area (Å²) >= 11 is 0. The summed E-state index contributed by atoms with van der Waals surface area (Å²) in [7, 11) is 1.72. The summed E-state index contributed by atoms with van der Waals surface area (Å²) in [6, 6.07) is 2.10. The number of aromatic nitrogens is 4. The highest BCUT2D eigenvalue weighted by Gasteiger charge is 2.23. The zero-order valence-electron chi connectivity index (χ0n) is 13.7. The second kappa shape index (κ2) is 6.57. The molecule has 2 aromatic rings. The number of aryl methyl sites for hydroxylation is 2. The van der Waals surface area contributed by atoms with Crippen molar-refractivity contribution in [3.8, 4) is 11.4 Å². The van der Waals surface area contributed by atoms with Gasteiger partial charge in [0.15, 0.2) is 11.6 Å². The molecule has 0 aliphatic heterocycles. The molecular formula is C17H24N4O. The Labute approximate surface area is 131 Å². The van der Waals surface area contributed by atoms with E-state index in [2.05, 4.69) is 18.0 Å². The number of ether oxygens (including phenoxy) is 1. The third kappa shape index (κ3) is 3.04. The fourth-order valence-electron chi connectivity index (χ4n) is 3.18. The molecule has 3 rings (SSSR count). The van der Waals surface area contributed by atoms with Crippen molar-refractivity contribution in [2.45, 2.75) is 52.0 Å². The van der Waals surface area contributed by atoms with Gasteiger partial charge < -0.3 is 4.74 Å². The van der Waals surface area contributed by atoms with Gasteiger partial charge in [-0.3, -0.25) is 4.98 Å². The third-order valence-electron chi connectivity index (χ3n) is 4.40. The molecule has 22 heavy (non-hydrogen) atoms. The third-order valence-corrected chi connectivity index (χ3v) is 4.40. The molecule has 1 fully saturated rings. The predicted molar refractivity (Wildman–Crippen MR) is 85.8 cm³/mol. The van der Waals surface area contributed by atoms with Gasteiger partial charge >= 0.3 is 0 Å². The maximum atomic E-state index is 5.22. The Bertz CT molecular complexity index is 644. The highest BCUT2D eigenvalue weighted by atomic mass is 16.5. The molecule has 5 nitrogen and oxygen atoms in total. The van der Waals surface area contributed by atoms with Crippen LogP contribution in [0.2, 0.25) is 0 Å². The smallest absolute Gasteiger partial charge is 0.160 e. The highest BCUT2D eigenvalue weighted by molar-refractivity contribution is 5.59. The Morgan fingerprint density at radius 3 is 2.73 bits per heavy atom. The second-order valence-electron chi connectivity index (χ2n) is 6.13. The van der Waals surface area contributed by atoms with Crippen molar-refractivity contribution in [3.63, 3.8) is 0 Å². The van der Waals surface area contributed by atoms with Crippen molar-refractivity contribution in [1.82, 2.24) is 19.7 Å². The lowest BCUT2D eigenvalue weighted by molar-refractivity contribution is 0.183. The molecule has 118 valence electrons. The van der Waals surface area contributed by atoms with Gasteiger partial charge in [-0.15, -0.1) is 0 Å². The normalized spacial score (nSPS) is 15.6. The molecule has 0 unspecified atom stereocenters. The maximum Gasteiger partial charge on any atom is 0.160 e. The van der Waals surface area contributed by atoms with Crippen molar-refractivity contribution < 1.29 is 4.74 Å². The average Bonchev–Trinajstić information content (AvgIpc) is 3.14. The van der Waals surface area contributed by atoms with Crippen molar-refractivity contribution >= 4 is 0 Å². The largest absolute Gasteiger partial charge is 0.383 e. The second-order valence-corrected chi connectivity index (χ2v) is 6.13. The summed E-state index contributed by atoms with van der Waals surface area (Å²) in [5.41, 5.74) is 3.29. The molecule has 0 saturated heterocycles. The Morgan fingerprint density at radius 1 is 1.27 bits per heavy atom. The standard InChI is InChI=1S/C17H24N4O/c1-12-10-13(2)18-11-15(12)17-19-16(14-6-4-5-7-14)20-21(17)8-9-22-3/h10-11,14H,4-9H2,1-3H3. The van der Waals surface area contributed by atoms with E-state index in [1.54, 1.807) is 7.11 Å². The lowest BCUT2D eigenvalue weighted by atomic mass is 10.1. The van der Waals surface area contributed by atoms with Crippen LogP contribution in [0.15, 0.2) is 12.3 Å². The molecule has 0 amide bonds. The van der Waals surface area contributed by atoms with Crippen LogP contribution in [-0.4, -0.2) is 33.5 Å². The number of hydrogen-bond acceptors (Lipinski definition) is 4. The first-order chi connectivity index (χ1) is 10.7. The van der Waals surface area contributed by atoms with E-state index in [0.29, 0.717) is 12.5 Å². The molecule has 0 aromatic carbocycles. The molecule has 2 aromatic heterocycles. The highest BCUT2D eigenvalue weighted by Crippen LogP contribution is 2.33. The summed E-state index contributed by atoms with van der Waals surface area (Å²) in [4.78, 5) is 9.29. The quantitative estimate of drug-likeness (QED) is 0.850. The van der Waals surface area contributed by atoms with E-state index in [1.165, 1.54) is 31.2 Å². The zero-order chi connectivity index (χ0) is 15.5. The van der Waals surface area contributed by atoms with Gasteiger partial charge in [0.05, 0.1) is 13.2 Å². The lowest BCUT2D eigenvalue weighted by Gasteiger charge is -2.08. The molecule has 0 spiro atoms. The summed E-state index contributed by atoms with van der Waals surface area (Å²) in [5.74, 6) is 2.42. The minimum absolute atomic E-state index is 0.515. The summed E-state index contributed by atoms with van der Waals surface area (Å²) < 4.78 is 7.20. The molecule has 1 saturated carbocycles. The molecule has 5 heteroatoms. The Kier molecular flexibility index (Phi) is 4.52. The lowest BCUT2D eigenvalue weighted by Crippen LogP contribution is -2.09. The Balaban J connectivity index is 1.99.